The maximum absolute atomic E-state index is 6.24. The van der Waals surface area contributed by atoms with Crippen molar-refractivity contribution in [2.24, 2.45) is 0 Å². The Kier molecular flexibility index (Phi) is 6.15. The Hall–Kier alpha value is -6.65. The van der Waals surface area contributed by atoms with Crippen molar-refractivity contribution >= 4 is 54.3 Å². The predicted molar refractivity (Wildman–Crippen MR) is 201 cm³/mol. The highest BCUT2D eigenvalue weighted by Gasteiger charge is 2.19. The number of aromatic nitrogens is 3. The smallest absolute Gasteiger partial charge is 0.164 e. The third-order valence-electron chi connectivity index (χ3n) is 9.51. The summed E-state index contributed by atoms with van der Waals surface area (Å²) < 4.78 is 6.24. The molecule has 0 saturated carbocycles. The SMILES string of the molecule is c1ccc(-c2nc(-c3ccccc3-c3ccc4c(ccc5ccc6ccccc6c54)c3)nc(-c3cccc4oc5ccccc5c34)n2)cc1. The van der Waals surface area contributed by atoms with Gasteiger partial charge < -0.3 is 4.42 Å². The minimum atomic E-state index is 0.604. The van der Waals surface area contributed by atoms with Gasteiger partial charge in [-0.25, -0.2) is 15.0 Å². The maximum atomic E-state index is 6.24. The molecule has 0 N–H and O–H groups in total. The molecule has 0 radical (unpaired) electrons. The normalized spacial score (nSPS) is 11.7. The summed E-state index contributed by atoms with van der Waals surface area (Å²) in [6.45, 7) is 0. The lowest BCUT2D eigenvalue weighted by atomic mass is 9.93. The van der Waals surface area contributed by atoms with Crippen LogP contribution in [0.4, 0.5) is 0 Å². The number of para-hydroxylation sites is 1. The largest absolute Gasteiger partial charge is 0.456 e. The number of nitrogens with zero attached hydrogens (tertiary/aromatic N) is 3. The van der Waals surface area contributed by atoms with Gasteiger partial charge in [0.2, 0.25) is 0 Å². The number of hydrogen-bond acceptors (Lipinski definition) is 4. The molecule has 2 heterocycles. The molecule has 0 saturated heterocycles. The molecular formula is C45H27N3O. The van der Waals surface area contributed by atoms with Gasteiger partial charge in [0.15, 0.2) is 17.5 Å². The molecule has 4 nitrogen and oxygen atoms in total. The van der Waals surface area contributed by atoms with Crippen molar-refractivity contribution in [3.8, 4) is 45.3 Å². The molecule has 0 aliphatic heterocycles. The van der Waals surface area contributed by atoms with Crippen molar-refractivity contribution in [3.63, 3.8) is 0 Å². The monoisotopic (exact) mass is 625 g/mol. The average Bonchev–Trinajstić information content (AvgIpc) is 3.56. The van der Waals surface area contributed by atoms with Gasteiger partial charge in [-0.1, -0.05) is 146 Å². The summed E-state index contributed by atoms with van der Waals surface area (Å²) in [5.41, 5.74) is 6.59. The molecule has 49 heavy (non-hydrogen) atoms. The van der Waals surface area contributed by atoms with E-state index in [2.05, 4.69) is 103 Å². The average molecular weight is 626 g/mol. The first-order chi connectivity index (χ1) is 24.3. The Morgan fingerprint density at radius 1 is 0.327 bits per heavy atom. The van der Waals surface area contributed by atoms with Crippen LogP contribution in [0, 0.1) is 0 Å². The fourth-order valence-corrected chi connectivity index (χ4v) is 7.23. The molecule has 10 aromatic rings. The number of rotatable bonds is 4. The third-order valence-corrected chi connectivity index (χ3v) is 9.51. The quantitative estimate of drug-likeness (QED) is 0.183. The van der Waals surface area contributed by atoms with Crippen LogP contribution in [0.1, 0.15) is 0 Å². The van der Waals surface area contributed by atoms with Gasteiger partial charge >= 0.3 is 0 Å². The lowest BCUT2D eigenvalue weighted by molar-refractivity contribution is 0.669. The molecule has 0 atom stereocenters. The summed E-state index contributed by atoms with van der Waals surface area (Å²) in [6, 6.07) is 57.0. The van der Waals surface area contributed by atoms with Crippen molar-refractivity contribution < 1.29 is 4.42 Å². The van der Waals surface area contributed by atoms with Crippen LogP contribution >= 0.6 is 0 Å². The zero-order valence-corrected chi connectivity index (χ0v) is 26.3. The van der Waals surface area contributed by atoms with Crippen LogP contribution in [0.25, 0.3) is 99.5 Å². The number of hydrogen-bond donors (Lipinski definition) is 0. The van der Waals surface area contributed by atoms with E-state index in [9.17, 15) is 0 Å². The second-order valence-electron chi connectivity index (χ2n) is 12.4. The summed E-state index contributed by atoms with van der Waals surface area (Å²) in [5.74, 6) is 1.85. The van der Waals surface area contributed by atoms with Gasteiger partial charge in [0, 0.05) is 27.5 Å². The fourth-order valence-electron chi connectivity index (χ4n) is 7.23. The summed E-state index contributed by atoms with van der Waals surface area (Å²) in [7, 11) is 0. The fraction of sp³-hybridized carbons (Fsp3) is 0. The van der Waals surface area contributed by atoms with Crippen molar-refractivity contribution in [2.45, 2.75) is 0 Å². The molecule has 0 bridgehead atoms. The zero-order valence-electron chi connectivity index (χ0n) is 26.3. The molecule has 0 unspecified atom stereocenters. The van der Waals surface area contributed by atoms with E-state index in [1.54, 1.807) is 0 Å². The number of fused-ring (bicyclic) bond motifs is 8. The van der Waals surface area contributed by atoms with Crippen LogP contribution in [0.2, 0.25) is 0 Å². The zero-order chi connectivity index (χ0) is 32.3. The third kappa shape index (κ3) is 4.49. The molecule has 0 fully saturated rings. The van der Waals surface area contributed by atoms with Gasteiger partial charge in [0.05, 0.1) is 0 Å². The molecule has 0 spiro atoms. The van der Waals surface area contributed by atoms with E-state index in [1.165, 1.54) is 32.3 Å². The molecule has 228 valence electrons. The maximum Gasteiger partial charge on any atom is 0.164 e. The molecule has 8 aromatic carbocycles. The van der Waals surface area contributed by atoms with E-state index in [-0.39, 0.29) is 0 Å². The minimum absolute atomic E-state index is 0.604. The standard InChI is InChI=1S/C45H27N3O/c1-2-12-30(13-3-1)43-46-44(48-45(47-43)38-18-10-20-40-42(38)37-17-8-9-19-39(37)49-40)36-16-7-6-14-33(36)31-25-26-35-32(27-31)24-23-29-22-21-28-11-4-5-15-34(28)41(29)35/h1-27H. The van der Waals surface area contributed by atoms with E-state index >= 15 is 0 Å². The molecule has 0 aliphatic carbocycles. The Morgan fingerprint density at radius 2 is 0.939 bits per heavy atom. The first-order valence-electron chi connectivity index (χ1n) is 16.4. The summed E-state index contributed by atoms with van der Waals surface area (Å²) in [4.78, 5) is 15.4. The highest BCUT2D eigenvalue weighted by Crippen LogP contribution is 2.39. The van der Waals surface area contributed by atoms with Crippen LogP contribution < -0.4 is 0 Å². The first kappa shape index (κ1) is 27.5. The van der Waals surface area contributed by atoms with Crippen LogP contribution in [0.5, 0.6) is 0 Å². The van der Waals surface area contributed by atoms with Gasteiger partial charge in [-0.2, -0.15) is 0 Å². The highest BCUT2D eigenvalue weighted by atomic mass is 16.3. The van der Waals surface area contributed by atoms with Crippen LogP contribution in [-0.2, 0) is 0 Å². The second-order valence-corrected chi connectivity index (χ2v) is 12.4. The number of furan rings is 1. The second kappa shape index (κ2) is 11.0. The summed E-state index contributed by atoms with van der Waals surface area (Å²) in [6.07, 6.45) is 0. The summed E-state index contributed by atoms with van der Waals surface area (Å²) in [5, 5.41) is 9.50. The van der Waals surface area contributed by atoms with E-state index in [0.717, 1.165) is 49.8 Å². The predicted octanol–water partition coefficient (Wildman–Crippen LogP) is 11.9. The lowest BCUT2D eigenvalue weighted by Gasteiger charge is -2.14. The van der Waals surface area contributed by atoms with Crippen LogP contribution in [0.15, 0.2) is 168 Å². The van der Waals surface area contributed by atoms with Crippen LogP contribution in [-0.4, -0.2) is 15.0 Å². The first-order valence-corrected chi connectivity index (χ1v) is 16.4. The van der Waals surface area contributed by atoms with Crippen molar-refractivity contribution in [3.05, 3.63) is 164 Å². The molecule has 10 rings (SSSR count). The molecule has 2 aromatic heterocycles. The van der Waals surface area contributed by atoms with E-state index < -0.39 is 0 Å². The minimum Gasteiger partial charge on any atom is -0.456 e. The van der Waals surface area contributed by atoms with Crippen LogP contribution in [0.3, 0.4) is 0 Å². The number of benzene rings is 8. The molecular weight excluding hydrogens is 599 g/mol. The van der Waals surface area contributed by atoms with Gasteiger partial charge in [-0.15, -0.1) is 0 Å². The Labute approximate surface area is 282 Å². The Balaban J connectivity index is 1.19. The topological polar surface area (TPSA) is 51.8 Å². The van der Waals surface area contributed by atoms with Gasteiger partial charge in [0.25, 0.3) is 0 Å². The summed E-state index contributed by atoms with van der Waals surface area (Å²) >= 11 is 0. The van der Waals surface area contributed by atoms with Crippen molar-refractivity contribution in [1.82, 2.24) is 15.0 Å². The highest BCUT2D eigenvalue weighted by molar-refractivity contribution is 6.20. The van der Waals surface area contributed by atoms with E-state index in [4.69, 9.17) is 19.4 Å². The Bertz CT molecular complexity index is 2890. The van der Waals surface area contributed by atoms with Crippen molar-refractivity contribution in [1.29, 1.82) is 0 Å². The van der Waals surface area contributed by atoms with Gasteiger partial charge in [0.1, 0.15) is 11.2 Å². The van der Waals surface area contributed by atoms with Crippen molar-refractivity contribution in [2.75, 3.05) is 0 Å². The Morgan fingerprint density at radius 3 is 1.82 bits per heavy atom. The van der Waals surface area contributed by atoms with Gasteiger partial charge in [-0.3, -0.25) is 0 Å². The van der Waals surface area contributed by atoms with E-state index in [0.29, 0.717) is 17.5 Å². The van der Waals surface area contributed by atoms with E-state index in [1.807, 2.05) is 60.7 Å². The molecule has 0 amide bonds. The van der Waals surface area contributed by atoms with Gasteiger partial charge in [-0.05, 0) is 61.6 Å². The molecule has 0 aliphatic rings. The molecule has 4 heteroatoms. The lowest BCUT2D eigenvalue weighted by Crippen LogP contribution is -2.01.